The van der Waals surface area contributed by atoms with E-state index in [2.05, 4.69) is 10.1 Å². The zero-order valence-corrected chi connectivity index (χ0v) is 11.0. The first-order valence-electron chi connectivity index (χ1n) is 6.41. The van der Waals surface area contributed by atoms with Gasteiger partial charge in [-0.1, -0.05) is 0 Å². The molecule has 0 amide bonds. The molecule has 0 saturated carbocycles. The van der Waals surface area contributed by atoms with Crippen LogP contribution in [0.4, 0.5) is 27.6 Å². The fraction of sp³-hybridized carbons (Fsp3) is 0.538. The van der Waals surface area contributed by atoms with Gasteiger partial charge in [0.2, 0.25) is 0 Å². The Morgan fingerprint density at radius 3 is 2.48 bits per heavy atom. The number of ether oxygens (including phenoxy) is 1. The van der Waals surface area contributed by atoms with E-state index in [-0.39, 0.29) is 12.6 Å². The van der Waals surface area contributed by atoms with Gasteiger partial charge in [-0.2, -0.15) is 22.0 Å². The van der Waals surface area contributed by atoms with Crippen molar-refractivity contribution < 1.29 is 26.7 Å². The summed E-state index contributed by atoms with van der Waals surface area (Å²) in [5.41, 5.74) is -0.0782. The van der Waals surface area contributed by atoms with E-state index in [0.717, 1.165) is 12.1 Å². The van der Waals surface area contributed by atoms with E-state index in [1.807, 2.05) is 4.90 Å². The van der Waals surface area contributed by atoms with Crippen LogP contribution in [0.15, 0.2) is 24.3 Å². The van der Waals surface area contributed by atoms with Gasteiger partial charge in [-0.05, 0) is 24.3 Å². The van der Waals surface area contributed by atoms with Crippen LogP contribution >= 0.6 is 0 Å². The Labute approximate surface area is 118 Å². The van der Waals surface area contributed by atoms with E-state index in [1.54, 1.807) is 0 Å². The van der Waals surface area contributed by atoms with Crippen molar-refractivity contribution in [2.24, 2.45) is 0 Å². The Kier molecular flexibility index (Phi) is 5.00. The number of hydrogen-bond acceptors (Lipinski definition) is 3. The SMILES string of the molecule is FC(F)OCC1CN(c2ccc(C(F)(F)F)cc2)CCN1. The Morgan fingerprint density at radius 1 is 1.24 bits per heavy atom. The first kappa shape index (κ1) is 16.0. The third-order valence-corrected chi connectivity index (χ3v) is 3.24. The average molecular weight is 310 g/mol. The number of anilines is 1. The first-order valence-corrected chi connectivity index (χ1v) is 6.41. The maximum atomic E-state index is 12.5. The van der Waals surface area contributed by atoms with Gasteiger partial charge < -0.3 is 15.0 Å². The number of piperazine rings is 1. The van der Waals surface area contributed by atoms with Crippen molar-refractivity contribution in [3.05, 3.63) is 29.8 Å². The molecule has 0 aromatic heterocycles. The highest BCUT2D eigenvalue weighted by Crippen LogP contribution is 2.30. The maximum Gasteiger partial charge on any atom is 0.416 e. The molecular weight excluding hydrogens is 295 g/mol. The minimum Gasteiger partial charge on any atom is -0.369 e. The second-order valence-corrected chi connectivity index (χ2v) is 4.74. The van der Waals surface area contributed by atoms with Crippen LogP contribution in [-0.2, 0) is 10.9 Å². The molecule has 1 fully saturated rings. The molecule has 1 atom stereocenters. The molecule has 2 rings (SSSR count). The lowest BCUT2D eigenvalue weighted by Gasteiger charge is -2.35. The van der Waals surface area contributed by atoms with Crippen LogP contribution in [0, 0.1) is 0 Å². The molecule has 1 aliphatic heterocycles. The molecule has 1 heterocycles. The lowest BCUT2D eigenvalue weighted by Crippen LogP contribution is -2.52. The van der Waals surface area contributed by atoms with Crippen LogP contribution < -0.4 is 10.2 Å². The van der Waals surface area contributed by atoms with E-state index < -0.39 is 18.4 Å². The highest BCUT2D eigenvalue weighted by Gasteiger charge is 2.30. The van der Waals surface area contributed by atoms with E-state index in [9.17, 15) is 22.0 Å². The molecule has 8 heteroatoms. The Balaban J connectivity index is 1.97. The summed E-state index contributed by atoms with van der Waals surface area (Å²) in [6.45, 7) is -1.42. The number of benzene rings is 1. The summed E-state index contributed by atoms with van der Waals surface area (Å²) >= 11 is 0. The number of halogens is 5. The standard InChI is InChI=1S/C13H15F5N2O/c14-12(15)21-8-10-7-20(6-5-19-10)11-3-1-9(2-4-11)13(16,17)18/h1-4,10,12,19H,5-8H2. The van der Waals surface area contributed by atoms with E-state index in [1.165, 1.54) is 12.1 Å². The van der Waals surface area contributed by atoms with Crippen LogP contribution in [0.3, 0.4) is 0 Å². The van der Waals surface area contributed by atoms with Gasteiger partial charge in [0.1, 0.15) is 0 Å². The molecule has 1 aromatic carbocycles. The molecule has 0 aliphatic carbocycles. The third kappa shape index (κ3) is 4.53. The van der Waals surface area contributed by atoms with Gasteiger partial charge in [-0.25, -0.2) is 0 Å². The molecule has 1 aromatic rings. The topological polar surface area (TPSA) is 24.5 Å². The van der Waals surface area contributed by atoms with Crippen LogP contribution in [-0.4, -0.2) is 38.9 Å². The van der Waals surface area contributed by atoms with Crippen LogP contribution in [0.25, 0.3) is 0 Å². The lowest BCUT2D eigenvalue weighted by molar-refractivity contribution is -0.137. The quantitative estimate of drug-likeness (QED) is 0.866. The molecule has 1 saturated heterocycles. The summed E-state index contributed by atoms with van der Waals surface area (Å²) in [5.74, 6) is 0. The normalized spacial score (nSPS) is 20.1. The minimum absolute atomic E-state index is 0.144. The summed E-state index contributed by atoms with van der Waals surface area (Å²) in [7, 11) is 0. The molecule has 1 aliphatic rings. The Bertz CT molecular complexity index is 449. The largest absolute Gasteiger partial charge is 0.416 e. The molecule has 0 radical (unpaired) electrons. The predicted molar refractivity (Wildman–Crippen MR) is 67.4 cm³/mol. The molecule has 3 nitrogen and oxygen atoms in total. The fourth-order valence-corrected chi connectivity index (χ4v) is 2.22. The molecule has 1 unspecified atom stereocenters. The molecule has 118 valence electrons. The fourth-order valence-electron chi connectivity index (χ4n) is 2.22. The number of alkyl halides is 5. The summed E-state index contributed by atoms with van der Waals surface area (Å²) in [5, 5.41) is 3.03. The van der Waals surface area contributed by atoms with Gasteiger partial charge >= 0.3 is 12.8 Å². The van der Waals surface area contributed by atoms with Crippen molar-refractivity contribution in [3.8, 4) is 0 Å². The Morgan fingerprint density at radius 2 is 1.90 bits per heavy atom. The van der Waals surface area contributed by atoms with Crippen molar-refractivity contribution in [2.45, 2.75) is 18.8 Å². The van der Waals surface area contributed by atoms with Crippen molar-refractivity contribution in [2.75, 3.05) is 31.1 Å². The smallest absolute Gasteiger partial charge is 0.369 e. The first-order chi connectivity index (χ1) is 9.86. The van der Waals surface area contributed by atoms with Crippen LogP contribution in [0.5, 0.6) is 0 Å². The zero-order chi connectivity index (χ0) is 15.5. The predicted octanol–water partition coefficient (Wildman–Crippen LogP) is 2.72. The van der Waals surface area contributed by atoms with Crippen LogP contribution in [0.1, 0.15) is 5.56 Å². The van der Waals surface area contributed by atoms with Crippen LogP contribution in [0.2, 0.25) is 0 Å². The number of nitrogens with zero attached hydrogens (tertiary/aromatic N) is 1. The van der Waals surface area contributed by atoms with Gasteiger partial charge in [0.05, 0.1) is 12.2 Å². The summed E-state index contributed by atoms with van der Waals surface area (Å²) in [6.07, 6.45) is -4.37. The van der Waals surface area contributed by atoms with E-state index in [0.29, 0.717) is 25.3 Å². The van der Waals surface area contributed by atoms with Crippen molar-refractivity contribution in [1.29, 1.82) is 0 Å². The maximum absolute atomic E-state index is 12.5. The molecule has 0 bridgehead atoms. The average Bonchev–Trinajstić information content (AvgIpc) is 2.45. The van der Waals surface area contributed by atoms with Gasteiger partial charge in [-0.3, -0.25) is 0 Å². The Hall–Kier alpha value is -1.41. The second-order valence-electron chi connectivity index (χ2n) is 4.74. The molecule has 0 spiro atoms. The number of rotatable bonds is 4. The van der Waals surface area contributed by atoms with Crippen molar-refractivity contribution >= 4 is 5.69 Å². The number of nitrogens with one attached hydrogen (secondary N) is 1. The second kappa shape index (κ2) is 6.57. The lowest BCUT2D eigenvalue weighted by atomic mass is 10.1. The molecular formula is C13H15F5N2O. The van der Waals surface area contributed by atoms with Gasteiger partial charge in [0.15, 0.2) is 0 Å². The highest BCUT2D eigenvalue weighted by atomic mass is 19.4. The van der Waals surface area contributed by atoms with Gasteiger partial charge in [-0.15, -0.1) is 0 Å². The summed E-state index contributed by atoms with van der Waals surface area (Å²) in [6, 6.07) is 4.53. The molecule has 21 heavy (non-hydrogen) atoms. The van der Waals surface area contributed by atoms with Crippen molar-refractivity contribution in [3.63, 3.8) is 0 Å². The highest BCUT2D eigenvalue weighted by molar-refractivity contribution is 5.48. The minimum atomic E-state index is -4.37. The third-order valence-electron chi connectivity index (χ3n) is 3.24. The van der Waals surface area contributed by atoms with Gasteiger partial charge in [0, 0.05) is 31.4 Å². The monoisotopic (exact) mass is 310 g/mol. The van der Waals surface area contributed by atoms with Gasteiger partial charge in [0.25, 0.3) is 0 Å². The summed E-state index contributed by atoms with van der Waals surface area (Å²) in [4.78, 5) is 1.84. The van der Waals surface area contributed by atoms with E-state index in [4.69, 9.17) is 0 Å². The number of hydrogen-bond donors (Lipinski definition) is 1. The summed E-state index contributed by atoms with van der Waals surface area (Å²) < 4.78 is 65.7. The van der Waals surface area contributed by atoms with E-state index >= 15 is 0 Å². The van der Waals surface area contributed by atoms with Crippen molar-refractivity contribution in [1.82, 2.24) is 5.32 Å². The zero-order valence-electron chi connectivity index (χ0n) is 11.0. The molecule has 1 N–H and O–H groups in total.